The van der Waals surface area contributed by atoms with Gasteiger partial charge in [0.25, 0.3) is 5.91 Å². The molecule has 3 amide bonds. The van der Waals surface area contributed by atoms with E-state index < -0.39 is 6.04 Å². The molecule has 0 aliphatic carbocycles. The number of anilines is 1. The summed E-state index contributed by atoms with van der Waals surface area (Å²) in [6.45, 7) is 4.07. The standard InChI is InChI=1S/C19H19ClN2O3/c1-13-7-9-15(10-8-13)22-14(2)18(23)21(19(22)24)11-12-25-17-6-4-3-5-16(17)20/h3-10,14H,11-12H2,1-2H3. The highest BCUT2D eigenvalue weighted by molar-refractivity contribution is 6.32. The second-order valence-corrected chi connectivity index (χ2v) is 6.34. The Morgan fingerprint density at radius 2 is 1.76 bits per heavy atom. The summed E-state index contributed by atoms with van der Waals surface area (Å²) in [7, 11) is 0. The Morgan fingerprint density at radius 3 is 2.44 bits per heavy atom. The van der Waals surface area contributed by atoms with Gasteiger partial charge in [-0.05, 0) is 38.1 Å². The molecule has 1 saturated heterocycles. The highest BCUT2D eigenvalue weighted by Gasteiger charge is 2.43. The molecule has 0 saturated carbocycles. The molecular weight excluding hydrogens is 340 g/mol. The predicted octanol–water partition coefficient (Wildman–Crippen LogP) is 3.88. The Labute approximate surface area is 151 Å². The first-order valence-corrected chi connectivity index (χ1v) is 8.45. The van der Waals surface area contributed by atoms with Crippen molar-refractivity contribution in [3.05, 3.63) is 59.1 Å². The van der Waals surface area contributed by atoms with Crippen LogP contribution in [-0.4, -0.2) is 36.0 Å². The number of benzene rings is 2. The lowest BCUT2D eigenvalue weighted by Crippen LogP contribution is -2.36. The molecule has 1 fully saturated rings. The molecule has 1 aliphatic heterocycles. The zero-order chi connectivity index (χ0) is 18.0. The molecule has 1 unspecified atom stereocenters. The Hall–Kier alpha value is -2.53. The summed E-state index contributed by atoms with van der Waals surface area (Å²) in [6.07, 6.45) is 0. The fourth-order valence-corrected chi connectivity index (χ4v) is 2.97. The number of hydrogen-bond acceptors (Lipinski definition) is 3. The molecule has 130 valence electrons. The highest BCUT2D eigenvalue weighted by Crippen LogP contribution is 2.26. The number of amides is 3. The second-order valence-electron chi connectivity index (χ2n) is 5.93. The van der Waals surface area contributed by atoms with E-state index in [1.807, 2.05) is 43.3 Å². The van der Waals surface area contributed by atoms with Crippen molar-refractivity contribution in [2.75, 3.05) is 18.1 Å². The Bertz CT molecular complexity index is 792. The number of ether oxygens (including phenoxy) is 1. The SMILES string of the molecule is Cc1ccc(N2C(=O)N(CCOc3ccccc3Cl)C(=O)C2C)cc1. The van der Waals surface area contributed by atoms with Gasteiger partial charge in [0.05, 0.1) is 11.6 Å². The molecule has 0 aromatic heterocycles. The first-order valence-electron chi connectivity index (χ1n) is 8.07. The lowest BCUT2D eigenvalue weighted by molar-refractivity contribution is -0.127. The third kappa shape index (κ3) is 3.46. The smallest absolute Gasteiger partial charge is 0.332 e. The summed E-state index contributed by atoms with van der Waals surface area (Å²) < 4.78 is 5.59. The summed E-state index contributed by atoms with van der Waals surface area (Å²) in [5, 5.41) is 0.497. The fraction of sp³-hybridized carbons (Fsp3) is 0.263. The summed E-state index contributed by atoms with van der Waals surface area (Å²) >= 11 is 6.04. The largest absolute Gasteiger partial charge is 0.490 e. The molecule has 25 heavy (non-hydrogen) atoms. The number of urea groups is 1. The normalized spacial score (nSPS) is 17.3. The third-order valence-electron chi connectivity index (χ3n) is 4.17. The first-order chi connectivity index (χ1) is 12.0. The number of carbonyl (C=O) groups is 2. The van der Waals surface area contributed by atoms with E-state index in [9.17, 15) is 9.59 Å². The number of halogens is 1. The van der Waals surface area contributed by atoms with Crippen molar-refractivity contribution in [1.29, 1.82) is 0 Å². The summed E-state index contributed by atoms with van der Waals surface area (Å²) in [6, 6.07) is 13.8. The number of imide groups is 1. The molecule has 2 aromatic rings. The second kappa shape index (κ2) is 7.15. The summed E-state index contributed by atoms with van der Waals surface area (Å²) in [5.74, 6) is 0.306. The van der Waals surface area contributed by atoms with Crippen LogP contribution in [0.5, 0.6) is 5.75 Å². The van der Waals surface area contributed by atoms with Crippen LogP contribution in [0.4, 0.5) is 10.5 Å². The molecule has 1 atom stereocenters. The van der Waals surface area contributed by atoms with Gasteiger partial charge in [0, 0.05) is 5.69 Å². The van der Waals surface area contributed by atoms with Gasteiger partial charge in [0.15, 0.2) is 0 Å². The first kappa shape index (κ1) is 17.3. The zero-order valence-electron chi connectivity index (χ0n) is 14.1. The average molecular weight is 359 g/mol. The van der Waals surface area contributed by atoms with Gasteiger partial charge in [-0.25, -0.2) is 4.79 Å². The highest BCUT2D eigenvalue weighted by atomic mass is 35.5. The van der Waals surface area contributed by atoms with Gasteiger partial charge < -0.3 is 4.74 Å². The van der Waals surface area contributed by atoms with Crippen molar-refractivity contribution in [2.45, 2.75) is 19.9 Å². The molecule has 5 nitrogen and oxygen atoms in total. The minimum absolute atomic E-state index is 0.176. The van der Waals surface area contributed by atoms with Crippen LogP contribution in [-0.2, 0) is 4.79 Å². The molecule has 3 rings (SSSR count). The van der Waals surface area contributed by atoms with Crippen molar-refractivity contribution >= 4 is 29.2 Å². The number of nitrogens with zero attached hydrogens (tertiary/aromatic N) is 2. The van der Waals surface area contributed by atoms with Crippen LogP contribution in [0.15, 0.2) is 48.5 Å². The number of aryl methyl sites for hydroxylation is 1. The van der Waals surface area contributed by atoms with Crippen molar-refractivity contribution in [3.63, 3.8) is 0 Å². The maximum atomic E-state index is 12.7. The minimum atomic E-state index is -0.532. The number of rotatable bonds is 5. The molecule has 0 bridgehead atoms. The van der Waals surface area contributed by atoms with Crippen LogP contribution in [0.25, 0.3) is 0 Å². The lowest BCUT2D eigenvalue weighted by atomic mass is 10.2. The molecule has 0 spiro atoms. The fourth-order valence-electron chi connectivity index (χ4n) is 2.78. The monoisotopic (exact) mass is 358 g/mol. The van der Waals surface area contributed by atoms with Crippen LogP contribution in [0.1, 0.15) is 12.5 Å². The van der Waals surface area contributed by atoms with Crippen LogP contribution in [0, 0.1) is 6.92 Å². The molecule has 0 N–H and O–H groups in total. The van der Waals surface area contributed by atoms with Crippen molar-refractivity contribution in [1.82, 2.24) is 4.90 Å². The quantitative estimate of drug-likeness (QED) is 0.762. The van der Waals surface area contributed by atoms with E-state index in [2.05, 4.69) is 0 Å². The number of para-hydroxylation sites is 1. The Kier molecular flexibility index (Phi) is 4.95. The van der Waals surface area contributed by atoms with Crippen LogP contribution in [0.2, 0.25) is 5.02 Å². The van der Waals surface area contributed by atoms with Crippen molar-refractivity contribution < 1.29 is 14.3 Å². The van der Waals surface area contributed by atoms with Crippen LogP contribution >= 0.6 is 11.6 Å². The van der Waals surface area contributed by atoms with E-state index in [0.29, 0.717) is 16.5 Å². The molecule has 1 heterocycles. The van der Waals surface area contributed by atoms with Gasteiger partial charge in [0.2, 0.25) is 0 Å². The van der Waals surface area contributed by atoms with E-state index >= 15 is 0 Å². The van der Waals surface area contributed by atoms with Crippen molar-refractivity contribution in [2.24, 2.45) is 0 Å². The van der Waals surface area contributed by atoms with Crippen molar-refractivity contribution in [3.8, 4) is 5.75 Å². The molecule has 6 heteroatoms. The van der Waals surface area contributed by atoms with Gasteiger partial charge in [-0.1, -0.05) is 41.4 Å². The van der Waals surface area contributed by atoms with E-state index in [-0.39, 0.29) is 25.1 Å². The minimum Gasteiger partial charge on any atom is -0.490 e. The van der Waals surface area contributed by atoms with Crippen LogP contribution in [0.3, 0.4) is 0 Å². The van der Waals surface area contributed by atoms with Gasteiger partial charge in [-0.2, -0.15) is 0 Å². The number of hydrogen-bond donors (Lipinski definition) is 0. The van der Waals surface area contributed by atoms with E-state index in [1.165, 1.54) is 9.80 Å². The van der Waals surface area contributed by atoms with Gasteiger partial charge in [-0.15, -0.1) is 0 Å². The number of carbonyl (C=O) groups excluding carboxylic acids is 2. The van der Waals surface area contributed by atoms with E-state index in [4.69, 9.17) is 16.3 Å². The topological polar surface area (TPSA) is 49.9 Å². The zero-order valence-corrected chi connectivity index (χ0v) is 14.9. The Balaban J connectivity index is 1.68. The lowest BCUT2D eigenvalue weighted by Gasteiger charge is -2.19. The average Bonchev–Trinajstić information content (AvgIpc) is 2.81. The van der Waals surface area contributed by atoms with Gasteiger partial charge in [-0.3, -0.25) is 14.6 Å². The summed E-state index contributed by atoms with van der Waals surface area (Å²) in [4.78, 5) is 27.9. The molecule has 2 aromatic carbocycles. The van der Waals surface area contributed by atoms with Gasteiger partial charge in [0.1, 0.15) is 18.4 Å². The van der Waals surface area contributed by atoms with Gasteiger partial charge >= 0.3 is 6.03 Å². The molecular formula is C19H19ClN2O3. The summed E-state index contributed by atoms with van der Waals surface area (Å²) in [5.41, 5.74) is 1.81. The van der Waals surface area contributed by atoms with E-state index in [1.54, 1.807) is 19.1 Å². The Morgan fingerprint density at radius 1 is 1.08 bits per heavy atom. The maximum absolute atomic E-state index is 12.7. The molecule has 1 aliphatic rings. The maximum Gasteiger partial charge on any atom is 0.332 e. The molecule has 0 radical (unpaired) electrons. The van der Waals surface area contributed by atoms with Crippen LogP contribution < -0.4 is 9.64 Å². The predicted molar refractivity (Wildman–Crippen MR) is 97.2 cm³/mol. The third-order valence-corrected chi connectivity index (χ3v) is 4.48. The van der Waals surface area contributed by atoms with E-state index in [0.717, 1.165) is 5.56 Å².